The summed E-state index contributed by atoms with van der Waals surface area (Å²) >= 11 is 0. The van der Waals surface area contributed by atoms with Crippen molar-refractivity contribution in [2.45, 2.75) is 79.6 Å². The summed E-state index contributed by atoms with van der Waals surface area (Å²) in [6.45, 7) is -3.80. The number of carboxylic acid groups (broad SMARTS) is 2. The number of aliphatic hydroxyl groups excluding tert-OH is 3. The number of Topliss-reactive ketones (excluding diaryl/α,β-unsaturated/α-hetero) is 1. The second-order valence-electron chi connectivity index (χ2n) is 10.1. The molecule has 0 aromatic heterocycles. The third kappa shape index (κ3) is 3.79. The van der Waals surface area contributed by atoms with Crippen LogP contribution in [0.25, 0.3) is 0 Å². The Morgan fingerprint density at radius 2 is 2.05 bits per heavy atom. The van der Waals surface area contributed by atoms with Gasteiger partial charge in [0.1, 0.15) is 18.3 Å². The first-order valence-corrected chi connectivity index (χ1v) is 12.2. The topological polar surface area (TPSA) is 204 Å². The molecule has 212 valence electrons. The predicted octanol–water partition coefficient (Wildman–Crippen LogP) is -1.43. The average molecular weight is 555 g/mol. The number of rotatable bonds is 5. The van der Waals surface area contributed by atoms with Crippen molar-refractivity contribution >= 4 is 18.2 Å². The maximum Gasteiger partial charge on any atom is 0.335 e. The molecule has 3 fully saturated rings. The highest BCUT2D eigenvalue weighted by molar-refractivity contribution is 5.90. The molecule has 5 aliphatic rings. The zero-order chi connectivity index (χ0) is 32.5. The summed E-state index contributed by atoms with van der Waals surface area (Å²) in [4.78, 5) is 34.4. The Balaban J connectivity index is 0.00000123. The van der Waals surface area contributed by atoms with E-state index in [4.69, 9.17) is 31.0 Å². The van der Waals surface area contributed by atoms with Crippen molar-refractivity contribution in [3.63, 3.8) is 0 Å². The van der Waals surface area contributed by atoms with E-state index in [9.17, 15) is 35.1 Å². The Kier molecular flexibility index (Phi) is 5.48. The molecule has 0 amide bonds. The van der Waals surface area contributed by atoms with Crippen molar-refractivity contribution in [1.82, 2.24) is 4.90 Å². The minimum atomic E-state index is -2.54. The summed E-state index contributed by atoms with van der Waals surface area (Å²) in [5, 5.41) is 59.3. The number of nitrogens with zero attached hydrogens (tertiary/aromatic N) is 1. The molecule has 39 heavy (non-hydrogen) atoms. The van der Waals surface area contributed by atoms with Crippen molar-refractivity contribution in [3.8, 4) is 11.5 Å². The first-order valence-electron chi connectivity index (χ1n) is 14.7. The van der Waals surface area contributed by atoms with Gasteiger partial charge in [-0.15, -0.1) is 6.53 Å². The normalized spacial score (nSPS) is 42.0. The molecular weight excluding hydrogens is 518 g/mol. The van der Waals surface area contributed by atoms with Crippen molar-refractivity contribution in [1.29, 1.82) is 0 Å². The van der Waals surface area contributed by atoms with Gasteiger partial charge in [-0.1, -0.05) is 12.1 Å². The molecule has 3 aliphatic heterocycles. The lowest BCUT2D eigenvalue weighted by atomic mass is 9.49. The van der Waals surface area contributed by atoms with E-state index in [1.165, 1.54) is 11.0 Å². The largest absolute Gasteiger partial charge is 0.483 e. The molecule has 6 rings (SSSR count). The quantitative estimate of drug-likeness (QED) is 0.183. The van der Waals surface area contributed by atoms with E-state index in [1.54, 1.807) is 6.07 Å². The summed E-state index contributed by atoms with van der Waals surface area (Å²) < 4.78 is 57.5. The predicted molar refractivity (Wildman–Crippen MR) is 129 cm³/mol. The number of likely N-dealkylation sites (tertiary alicyclic amines) is 1. The van der Waals surface area contributed by atoms with Gasteiger partial charge < -0.3 is 44.8 Å². The van der Waals surface area contributed by atoms with Gasteiger partial charge in [-0.3, -0.25) is 14.5 Å². The van der Waals surface area contributed by atoms with Crippen molar-refractivity contribution in [2.24, 2.45) is 0 Å². The van der Waals surface area contributed by atoms with E-state index in [1.807, 2.05) is 0 Å². The van der Waals surface area contributed by atoms with Gasteiger partial charge in [0, 0.05) is 33.8 Å². The molecule has 1 spiro atoms. The Morgan fingerprint density at radius 1 is 1.31 bits per heavy atom. The fourth-order valence-corrected chi connectivity index (χ4v) is 6.89. The van der Waals surface area contributed by atoms with Crippen LogP contribution in [0.3, 0.4) is 0 Å². The number of benzene rings is 1. The molecule has 1 saturated carbocycles. The minimum absolute atomic E-state index is 0.0205. The zero-order valence-corrected chi connectivity index (χ0v) is 20.4. The molecule has 0 radical (unpaired) electrons. The lowest BCUT2D eigenvalue weighted by Crippen LogP contribution is -2.76. The molecule has 2 bridgehead atoms. The standard InChI is InChI=1S/C25H29NO10.CH2O2/c1-2-8-26-9-7-24-15-11-3-4-13(34-23-18(30)16(28)17(29)20(36-23)22(31)32)19(15)35-21(24)12(27)5-6-25(24,33)14(26)10-11;2-1-3/h2-4,14,16-18,20-21,23,28-30,33H,1,5-10H2,(H,31,32);1H,(H,2,3)/t14-,16+,17+,18-,20+,21+,23-,24+,25-;/m1./s1/i1D2,2D,8D2;. The summed E-state index contributed by atoms with van der Waals surface area (Å²) in [7, 11) is 0. The van der Waals surface area contributed by atoms with Gasteiger partial charge in [-0.05, 0) is 30.9 Å². The zero-order valence-electron chi connectivity index (χ0n) is 25.4. The first kappa shape index (κ1) is 21.7. The van der Waals surface area contributed by atoms with Crippen LogP contribution in [0.4, 0.5) is 0 Å². The second kappa shape index (κ2) is 9.84. The van der Waals surface area contributed by atoms with Gasteiger partial charge in [0.2, 0.25) is 6.29 Å². The summed E-state index contributed by atoms with van der Waals surface area (Å²) in [6.07, 6.45) is -10.4. The molecule has 13 nitrogen and oxygen atoms in total. The summed E-state index contributed by atoms with van der Waals surface area (Å²) in [5.74, 6) is -1.87. The lowest BCUT2D eigenvalue weighted by molar-refractivity contribution is -0.271. The van der Waals surface area contributed by atoms with Crippen molar-refractivity contribution in [2.75, 3.05) is 13.0 Å². The van der Waals surface area contributed by atoms with Crippen LogP contribution in [0.15, 0.2) is 24.7 Å². The van der Waals surface area contributed by atoms with E-state index >= 15 is 0 Å². The highest BCUT2D eigenvalue weighted by Gasteiger charge is 2.73. The van der Waals surface area contributed by atoms with Gasteiger partial charge in [0.25, 0.3) is 6.47 Å². The molecular formula is C26H31NO12. The Morgan fingerprint density at radius 3 is 2.74 bits per heavy atom. The third-order valence-corrected chi connectivity index (χ3v) is 8.50. The monoisotopic (exact) mass is 554 g/mol. The molecule has 0 unspecified atom stereocenters. The lowest BCUT2D eigenvalue weighted by Gasteiger charge is -2.62. The highest BCUT2D eigenvalue weighted by Crippen LogP contribution is 2.65. The number of ketones is 1. The van der Waals surface area contributed by atoms with Gasteiger partial charge in [0.15, 0.2) is 29.5 Å². The van der Waals surface area contributed by atoms with Crippen molar-refractivity contribution < 1.29 is 66.1 Å². The number of carbonyl (C=O) groups excluding carboxylic acids is 1. The molecule has 2 aliphatic carbocycles. The van der Waals surface area contributed by atoms with Gasteiger partial charge in [0.05, 0.1) is 15.1 Å². The number of piperidine rings is 1. The molecule has 13 heteroatoms. The second-order valence-corrected chi connectivity index (χ2v) is 10.1. The Labute approximate surface area is 229 Å². The average Bonchev–Trinajstić information content (AvgIpc) is 3.31. The van der Waals surface area contributed by atoms with E-state index in [-0.39, 0.29) is 56.0 Å². The molecule has 6 N–H and O–H groups in total. The Bertz CT molecular complexity index is 1410. The van der Waals surface area contributed by atoms with Gasteiger partial charge >= 0.3 is 5.97 Å². The maximum atomic E-state index is 13.2. The van der Waals surface area contributed by atoms with Crippen LogP contribution < -0.4 is 9.47 Å². The third-order valence-electron chi connectivity index (χ3n) is 8.50. The molecule has 9 atom stereocenters. The van der Waals surface area contributed by atoms with E-state index in [2.05, 4.69) is 0 Å². The fourth-order valence-electron chi connectivity index (χ4n) is 6.89. The Hall–Kier alpha value is -3.07. The minimum Gasteiger partial charge on any atom is -0.483 e. The van der Waals surface area contributed by atoms with Crippen LogP contribution >= 0.6 is 0 Å². The smallest absolute Gasteiger partial charge is 0.335 e. The van der Waals surface area contributed by atoms with Crippen LogP contribution in [-0.2, 0) is 31.0 Å². The molecule has 1 aromatic carbocycles. The van der Waals surface area contributed by atoms with Crippen LogP contribution in [-0.4, -0.2) is 115 Å². The van der Waals surface area contributed by atoms with Crippen LogP contribution in [0, 0.1) is 0 Å². The number of aliphatic hydroxyl groups is 4. The van der Waals surface area contributed by atoms with E-state index in [0.717, 1.165) is 0 Å². The fraction of sp³-hybridized carbons (Fsp3) is 0.577. The number of hydrogen-bond donors (Lipinski definition) is 6. The number of carboxylic acids is 1. The molecule has 2 saturated heterocycles. The number of hydrogen-bond acceptors (Lipinski definition) is 11. The SMILES string of the molecule is O=CO.[2H]C([2H])=C([2H])C([2H])([2H])N1CC[C@]23c4c5ccc(O[C@@H]6O[C@H](C(=O)O)[C@@H](O)[C@H](O)[C@H]6O)c4O[C@H]2C(=O)CC[C@@]3(O)[C@H]1C5. The van der Waals surface area contributed by atoms with Gasteiger partial charge in [-0.2, -0.15) is 0 Å². The highest BCUT2D eigenvalue weighted by atomic mass is 16.7. The van der Waals surface area contributed by atoms with E-state index in [0.29, 0.717) is 11.1 Å². The number of carbonyl (C=O) groups is 3. The summed E-state index contributed by atoms with van der Waals surface area (Å²) in [5.41, 5.74) is -1.94. The van der Waals surface area contributed by atoms with Crippen molar-refractivity contribution in [3.05, 3.63) is 35.8 Å². The number of ether oxygens (including phenoxy) is 3. The van der Waals surface area contributed by atoms with Crippen LogP contribution in [0.2, 0.25) is 0 Å². The first-order chi connectivity index (χ1) is 20.6. The molecule has 3 heterocycles. The van der Waals surface area contributed by atoms with Crippen LogP contribution in [0.1, 0.15) is 37.2 Å². The maximum absolute atomic E-state index is 13.2. The summed E-state index contributed by atoms with van der Waals surface area (Å²) in [6, 6.07) is 1.26. The van der Waals surface area contributed by atoms with E-state index < -0.39 is 78.9 Å². The molecule has 1 aromatic rings. The van der Waals surface area contributed by atoms with Gasteiger partial charge in [-0.25, -0.2) is 4.79 Å². The van der Waals surface area contributed by atoms with Crippen LogP contribution in [0.5, 0.6) is 11.5 Å². The number of aliphatic carboxylic acids is 1.